The Morgan fingerprint density at radius 3 is 2.50 bits per heavy atom. The summed E-state index contributed by atoms with van der Waals surface area (Å²) < 4.78 is 5.36. The lowest BCUT2D eigenvalue weighted by atomic mass is 9.73. The molecule has 0 bridgehead atoms. The normalized spacial score (nSPS) is 26.2. The molecule has 12 heteroatoms. The van der Waals surface area contributed by atoms with Crippen LogP contribution in [0.25, 0.3) is 10.8 Å². The van der Waals surface area contributed by atoms with Crippen LogP contribution in [0.15, 0.2) is 45.2 Å². The van der Waals surface area contributed by atoms with Gasteiger partial charge in [-0.3, -0.25) is 28.8 Å². The topological polar surface area (TPSA) is 188 Å². The van der Waals surface area contributed by atoms with E-state index in [1.165, 1.54) is 6.07 Å². The number of carbonyl (C=O) groups is 5. The number of methoxy groups -OCH3 is 1. The van der Waals surface area contributed by atoms with Gasteiger partial charge in [0.25, 0.3) is 5.56 Å². The molecule has 1 spiro atoms. The molecular formula is C26H16INO10. The Balaban J connectivity index is 1.61. The fourth-order valence-electron chi connectivity index (χ4n) is 6.21. The second-order valence-electron chi connectivity index (χ2n) is 9.45. The molecule has 0 aliphatic heterocycles. The molecular weight excluding hydrogens is 613 g/mol. The first-order valence-electron chi connectivity index (χ1n) is 11.4. The van der Waals surface area contributed by atoms with E-state index in [0.29, 0.717) is 15.4 Å². The molecule has 4 N–H and O–H groups in total. The summed E-state index contributed by atoms with van der Waals surface area (Å²) in [7, 11) is 1.15. The lowest BCUT2D eigenvalue weighted by Crippen LogP contribution is -2.43. The zero-order chi connectivity index (χ0) is 27.4. The third-order valence-corrected chi connectivity index (χ3v) is 9.07. The van der Waals surface area contributed by atoms with E-state index < -0.39 is 74.4 Å². The number of aromatic amines is 1. The molecule has 4 aliphatic rings. The molecule has 1 heterocycles. The first kappa shape index (κ1) is 24.4. The summed E-state index contributed by atoms with van der Waals surface area (Å²) >= 11 is 1.91. The summed E-state index contributed by atoms with van der Waals surface area (Å²) in [6.07, 6.45) is -0.706. The number of ether oxygens (including phenoxy) is 1. The predicted octanol–water partition coefficient (Wildman–Crippen LogP) is 0.768. The van der Waals surface area contributed by atoms with E-state index in [0.717, 1.165) is 13.2 Å². The van der Waals surface area contributed by atoms with E-state index >= 15 is 0 Å². The van der Waals surface area contributed by atoms with Gasteiger partial charge in [0, 0.05) is 26.2 Å². The maximum absolute atomic E-state index is 14.0. The fourth-order valence-corrected chi connectivity index (χ4v) is 7.17. The Hall–Kier alpha value is -3.91. The summed E-state index contributed by atoms with van der Waals surface area (Å²) in [5.74, 6) is -7.14. The number of Topliss-reactive ketones (excluding diaryl/α,β-unsaturated/α-hetero) is 3. The number of phenolic OH excluding ortho intramolecular Hbond substituents is 1. The molecule has 1 aromatic carbocycles. The quantitative estimate of drug-likeness (QED) is 0.210. The summed E-state index contributed by atoms with van der Waals surface area (Å²) in [4.78, 5) is 80.2. The Morgan fingerprint density at radius 2 is 1.84 bits per heavy atom. The van der Waals surface area contributed by atoms with Crippen molar-refractivity contribution in [3.8, 4) is 5.75 Å². The van der Waals surface area contributed by atoms with Gasteiger partial charge in [-0.05, 0) is 47.1 Å². The molecule has 0 radical (unpaired) electrons. The highest BCUT2D eigenvalue weighted by Gasteiger charge is 2.65. The van der Waals surface area contributed by atoms with Crippen LogP contribution < -0.4 is 5.56 Å². The van der Waals surface area contributed by atoms with Gasteiger partial charge in [0.15, 0.2) is 29.4 Å². The van der Waals surface area contributed by atoms with E-state index in [-0.39, 0.29) is 40.6 Å². The lowest BCUT2D eigenvalue weighted by molar-refractivity contribution is -0.129. The Kier molecular flexibility index (Phi) is 5.01. The van der Waals surface area contributed by atoms with Crippen LogP contribution in [-0.4, -0.2) is 62.9 Å². The van der Waals surface area contributed by atoms with Gasteiger partial charge in [-0.25, -0.2) is 0 Å². The van der Waals surface area contributed by atoms with Crippen LogP contribution in [0.3, 0.4) is 0 Å². The van der Waals surface area contributed by atoms with Gasteiger partial charge >= 0.3 is 0 Å². The SMILES string of the molecule is COC1=CC(=O)C2=C(O)C3=C(C(=O)C4(CCc5c4c(O)c4c(=O)[nH]c(C=O)cc4c5I)C3=O)C(O)C2C1=O. The predicted molar refractivity (Wildman–Crippen MR) is 136 cm³/mol. The van der Waals surface area contributed by atoms with E-state index in [2.05, 4.69) is 4.98 Å². The number of hydrogen-bond acceptors (Lipinski definition) is 10. The maximum atomic E-state index is 14.0. The Morgan fingerprint density at radius 1 is 1.13 bits per heavy atom. The molecule has 0 amide bonds. The number of aromatic hydroxyl groups is 1. The highest BCUT2D eigenvalue weighted by molar-refractivity contribution is 14.1. The smallest absolute Gasteiger partial charge is 0.260 e. The number of halogens is 1. The average Bonchev–Trinajstić information content (AvgIpc) is 3.40. The number of allylic oxidation sites excluding steroid dienone is 3. The van der Waals surface area contributed by atoms with Crippen LogP contribution in [0, 0.1) is 9.49 Å². The minimum absolute atomic E-state index is 0.0294. The van der Waals surface area contributed by atoms with Crippen molar-refractivity contribution in [2.24, 2.45) is 5.92 Å². The number of pyridine rings is 1. The molecule has 0 saturated heterocycles. The minimum atomic E-state index is -2.10. The van der Waals surface area contributed by atoms with Gasteiger partial charge in [-0.1, -0.05) is 0 Å². The number of phenols is 1. The van der Waals surface area contributed by atoms with Crippen LogP contribution >= 0.6 is 22.6 Å². The number of fused-ring (bicyclic) bond motifs is 4. The van der Waals surface area contributed by atoms with E-state index in [4.69, 9.17) is 4.74 Å². The first-order valence-corrected chi connectivity index (χ1v) is 12.4. The van der Waals surface area contributed by atoms with Crippen LogP contribution in [-0.2, 0) is 35.8 Å². The number of aldehydes is 1. The van der Waals surface area contributed by atoms with Gasteiger partial charge in [-0.15, -0.1) is 0 Å². The average molecular weight is 629 g/mol. The number of aromatic nitrogens is 1. The van der Waals surface area contributed by atoms with Gasteiger partial charge in [0.1, 0.15) is 16.9 Å². The molecule has 38 heavy (non-hydrogen) atoms. The molecule has 192 valence electrons. The number of nitrogens with one attached hydrogen (secondary N) is 1. The summed E-state index contributed by atoms with van der Waals surface area (Å²) in [5, 5.41) is 33.6. The van der Waals surface area contributed by atoms with E-state index in [1.54, 1.807) is 0 Å². The molecule has 0 fully saturated rings. The van der Waals surface area contributed by atoms with Crippen LogP contribution in [0.2, 0.25) is 0 Å². The number of H-pyrrole nitrogens is 1. The van der Waals surface area contributed by atoms with Gasteiger partial charge in [0.05, 0.1) is 41.4 Å². The summed E-state index contributed by atoms with van der Waals surface area (Å²) in [6.45, 7) is 0. The third-order valence-electron chi connectivity index (χ3n) is 7.84. The van der Waals surface area contributed by atoms with Gasteiger partial charge in [0.2, 0.25) is 5.78 Å². The molecule has 1 aromatic heterocycles. The highest BCUT2D eigenvalue weighted by Crippen LogP contribution is 2.57. The highest BCUT2D eigenvalue weighted by atomic mass is 127. The first-order chi connectivity index (χ1) is 18.0. The van der Waals surface area contributed by atoms with Crippen LogP contribution in [0.4, 0.5) is 0 Å². The maximum Gasteiger partial charge on any atom is 0.260 e. The Bertz CT molecular complexity index is 1770. The second kappa shape index (κ2) is 7.80. The number of carbonyl (C=O) groups excluding carboxylic acids is 5. The number of benzene rings is 1. The van der Waals surface area contributed by atoms with Crippen molar-refractivity contribution >= 4 is 62.8 Å². The van der Waals surface area contributed by atoms with E-state index in [1.807, 2.05) is 22.6 Å². The summed E-state index contributed by atoms with van der Waals surface area (Å²) in [5.41, 5.74) is -4.32. The van der Waals surface area contributed by atoms with Crippen molar-refractivity contribution in [1.29, 1.82) is 0 Å². The zero-order valence-corrected chi connectivity index (χ0v) is 21.5. The third kappa shape index (κ3) is 2.65. The van der Waals surface area contributed by atoms with Crippen molar-refractivity contribution in [2.75, 3.05) is 7.11 Å². The number of hydrogen-bond donors (Lipinski definition) is 4. The van der Waals surface area contributed by atoms with Crippen molar-refractivity contribution in [3.05, 3.63) is 71.1 Å². The van der Waals surface area contributed by atoms with Crippen molar-refractivity contribution in [1.82, 2.24) is 4.98 Å². The number of rotatable bonds is 2. The molecule has 2 aromatic rings. The second-order valence-corrected chi connectivity index (χ2v) is 10.5. The van der Waals surface area contributed by atoms with Crippen molar-refractivity contribution in [2.45, 2.75) is 24.4 Å². The molecule has 11 nitrogen and oxygen atoms in total. The van der Waals surface area contributed by atoms with Gasteiger partial charge in [-0.2, -0.15) is 0 Å². The molecule has 6 rings (SSSR count). The molecule has 0 saturated carbocycles. The molecule has 4 aliphatic carbocycles. The number of aliphatic hydroxyl groups is 2. The summed E-state index contributed by atoms with van der Waals surface area (Å²) in [6, 6.07) is 1.38. The number of aliphatic hydroxyl groups excluding tert-OH is 2. The minimum Gasteiger partial charge on any atom is -0.507 e. The standard InChI is InChI=1S/C26H16INO10/c1-38-11-5-10(30)13-14(19(11)31)21(33)16-15(20(13)32)23(35)26(24(16)36)3-2-8-17(26)22(34)12-9(18(8)27)4-7(6-29)28-25(12)37/h4-6,14,21,32-34H,2-3H2,1H3,(H,28,37). The van der Waals surface area contributed by atoms with Crippen LogP contribution in [0.1, 0.15) is 28.0 Å². The largest absolute Gasteiger partial charge is 0.507 e. The van der Waals surface area contributed by atoms with E-state index in [9.17, 15) is 44.1 Å². The lowest BCUT2D eigenvalue weighted by Gasteiger charge is -2.31. The Labute approximate surface area is 225 Å². The zero-order valence-electron chi connectivity index (χ0n) is 19.4. The fraction of sp³-hybridized carbons (Fsp3) is 0.231. The number of ketones is 4. The van der Waals surface area contributed by atoms with Crippen molar-refractivity contribution < 1.29 is 44.0 Å². The van der Waals surface area contributed by atoms with Crippen LogP contribution in [0.5, 0.6) is 5.75 Å². The van der Waals surface area contributed by atoms with Gasteiger partial charge < -0.3 is 25.0 Å². The molecule has 3 unspecified atom stereocenters. The monoisotopic (exact) mass is 629 g/mol. The molecule has 3 atom stereocenters. The van der Waals surface area contributed by atoms with Crippen molar-refractivity contribution in [3.63, 3.8) is 0 Å².